The summed E-state index contributed by atoms with van der Waals surface area (Å²) in [6.45, 7) is 6.82. The highest BCUT2D eigenvalue weighted by atomic mass is 16.5. The van der Waals surface area contributed by atoms with E-state index in [4.69, 9.17) is 9.47 Å². The van der Waals surface area contributed by atoms with E-state index in [0.717, 1.165) is 51.6 Å². The molecular formula is C16H32N4O2. The number of hydrogen-bond donors (Lipinski definition) is 2. The smallest absolute Gasteiger partial charge is 0.191 e. The zero-order valence-electron chi connectivity index (χ0n) is 14.2. The van der Waals surface area contributed by atoms with Crippen molar-refractivity contribution in [1.82, 2.24) is 15.5 Å². The van der Waals surface area contributed by atoms with Gasteiger partial charge in [-0.3, -0.25) is 4.99 Å². The van der Waals surface area contributed by atoms with Crippen molar-refractivity contribution in [1.29, 1.82) is 0 Å². The Bertz CT molecular complexity index is 337. The fourth-order valence-electron chi connectivity index (χ4n) is 3.18. The Morgan fingerprint density at radius 2 is 1.91 bits per heavy atom. The molecule has 0 bridgehead atoms. The van der Waals surface area contributed by atoms with Crippen molar-refractivity contribution < 1.29 is 9.47 Å². The van der Waals surface area contributed by atoms with Gasteiger partial charge in [0.2, 0.25) is 0 Å². The Hall–Kier alpha value is -0.850. The molecule has 6 heteroatoms. The van der Waals surface area contributed by atoms with Crippen molar-refractivity contribution in [3.63, 3.8) is 0 Å². The lowest BCUT2D eigenvalue weighted by molar-refractivity contribution is -0.0855. The Labute approximate surface area is 134 Å². The van der Waals surface area contributed by atoms with E-state index in [-0.39, 0.29) is 5.60 Å². The van der Waals surface area contributed by atoms with E-state index >= 15 is 0 Å². The van der Waals surface area contributed by atoms with E-state index in [0.29, 0.717) is 0 Å². The molecule has 0 aromatic rings. The predicted molar refractivity (Wildman–Crippen MR) is 89.4 cm³/mol. The molecule has 22 heavy (non-hydrogen) atoms. The average Bonchev–Trinajstić information content (AvgIpc) is 2.59. The Balaban J connectivity index is 1.67. The number of piperidine rings is 1. The first kappa shape index (κ1) is 17.5. The molecule has 0 aliphatic carbocycles. The first-order valence-electron chi connectivity index (χ1n) is 8.58. The summed E-state index contributed by atoms with van der Waals surface area (Å²) in [6.07, 6.45) is 5.93. The maximum absolute atomic E-state index is 5.74. The monoisotopic (exact) mass is 312 g/mol. The molecule has 2 N–H and O–H groups in total. The van der Waals surface area contributed by atoms with Crippen LogP contribution < -0.4 is 10.6 Å². The number of likely N-dealkylation sites (tertiary alicyclic amines) is 1. The van der Waals surface area contributed by atoms with Gasteiger partial charge < -0.3 is 25.0 Å². The van der Waals surface area contributed by atoms with Crippen molar-refractivity contribution in [3.05, 3.63) is 0 Å². The highest BCUT2D eigenvalue weighted by molar-refractivity contribution is 5.79. The molecule has 0 radical (unpaired) electrons. The molecular weight excluding hydrogens is 280 g/mol. The Morgan fingerprint density at radius 1 is 1.18 bits per heavy atom. The fourth-order valence-corrected chi connectivity index (χ4v) is 3.18. The van der Waals surface area contributed by atoms with E-state index in [2.05, 4.69) is 20.5 Å². The number of hydrogen-bond acceptors (Lipinski definition) is 4. The van der Waals surface area contributed by atoms with E-state index in [1.807, 2.05) is 7.05 Å². The first-order valence-corrected chi connectivity index (χ1v) is 8.58. The lowest BCUT2D eigenvalue weighted by Gasteiger charge is -2.36. The minimum Gasteiger partial charge on any atom is -0.381 e. The summed E-state index contributed by atoms with van der Waals surface area (Å²) in [5.41, 5.74) is -0.122. The van der Waals surface area contributed by atoms with Crippen LogP contribution in [0, 0.1) is 0 Å². The van der Waals surface area contributed by atoms with Gasteiger partial charge in [0.15, 0.2) is 5.96 Å². The predicted octanol–water partition coefficient (Wildman–Crippen LogP) is 0.833. The summed E-state index contributed by atoms with van der Waals surface area (Å²) < 4.78 is 11.2. The summed E-state index contributed by atoms with van der Waals surface area (Å²) in [7, 11) is 3.61. The second kappa shape index (κ2) is 9.33. The summed E-state index contributed by atoms with van der Waals surface area (Å²) in [5.74, 6) is 0.861. The molecule has 6 nitrogen and oxygen atoms in total. The Kier molecular flexibility index (Phi) is 7.42. The number of rotatable bonds is 6. The maximum Gasteiger partial charge on any atom is 0.191 e. The van der Waals surface area contributed by atoms with Crippen LogP contribution in [0.1, 0.15) is 32.1 Å². The van der Waals surface area contributed by atoms with Crippen LogP contribution in [0.2, 0.25) is 0 Å². The molecule has 0 spiro atoms. The molecule has 2 aliphatic rings. The molecule has 2 aliphatic heterocycles. The molecule has 0 saturated carbocycles. The van der Waals surface area contributed by atoms with Crippen LogP contribution in [0.15, 0.2) is 4.99 Å². The second-order valence-corrected chi connectivity index (χ2v) is 6.25. The van der Waals surface area contributed by atoms with Crippen LogP contribution in [-0.4, -0.2) is 76.6 Å². The van der Waals surface area contributed by atoms with Gasteiger partial charge in [-0.25, -0.2) is 0 Å². The van der Waals surface area contributed by atoms with E-state index < -0.39 is 0 Å². The largest absolute Gasteiger partial charge is 0.381 e. The quantitative estimate of drug-likeness (QED) is 0.562. The van der Waals surface area contributed by atoms with Gasteiger partial charge in [-0.1, -0.05) is 6.42 Å². The number of methoxy groups -OCH3 is 1. The summed E-state index contributed by atoms with van der Waals surface area (Å²) in [5, 5.41) is 6.82. The van der Waals surface area contributed by atoms with Crippen molar-refractivity contribution in [2.75, 3.05) is 60.1 Å². The highest BCUT2D eigenvalue weighted by Crippen LogP contribution is 2.23. The normalized spacial score (nSPS) is 23.3. The molecule has 0 amide bonds. The molecule has 2 heterocycles. The lowest BCUT2D eigenvalue weighted by atomic mass is 9.94. The third-order valence-corrected chi connectivity index (χ3v) is 4.81. The van der Waals surface area contributed by atoms with Gasteiger partial charge in [0.05, 0.1) is 5.60 Å². The van der Waals surface area contributed by atoms with Gasteiger partial charge >= 0.3 is 0 Å². The molecule has 0 aromatic carbocycles. The standard InChI is InChI=1S/C16H32N4O2/c1-17-15(18-8-11-20-9-4-3-5-10-20)19-14-16(21-2)6-12-22-13-7-16/h3-14H2,1-2H3,(H2,17,18,19). The van der Waals surface area contributed by atoms with Gasteiger partial charge in [0.1, 0.15) is 0 Å². The van der Waals surface area contributed by atoms with E-state index in [9.17, 15) is 0 Å². The molecule has 0 unspecified atom stereocenters. The molecule has 0 atom stereocenters. The molecule has 2 saturated heterocycles. The number of nitrogens with one attached hydrogen (secondary N) is 2. The highest BCUT2D eigenvalue weighted by Gasteiger charge is 2.32. The number of ether oxygens (including phenoxy) is 2. The van der Waals surface area contributed by atoms with Crippen LogP contribution in [-0.2, 0) is 9.47 Å². The van der Waals surface area contributed by atoms with Gasteiger partial charge in [0, 0.05) is 59.8 Å². The molecule has 2 rings (SSSR count). The van der Waals surface area contributed by atoms with Gasteiger partial charge in [-0.15, -0.1) is 0 Å². The lowest BCUT2D eigenvalue weighted by Crippen LogP contribution is -2.51. The minimum absolute atomic E-state index is 0.122. The maximum atomic E-state index is 5.74. The number of guanidine groups is 1. The fraction of sp³-hybridized carbons (Fsp3) is 0.938. The summed E-state index contributed by atoms with van der Waals surface area (Å²) in [4.78, 5) is 6.84. The zero-order chi connectivity index (χ0) is 15.7. The summed E-state index contributed by atoms with van der Waals surface area (Å²) >= 11 is 0. The van der Waals surface area contributed by atoms with Crippen LogP contribution in [0.3, 0.4) is 0 Å². The number of nitrogens with zero attached hydrogens (tertiary/aromatic N) is 2. The topological polar surface area (TPSA) is 58.1 Å². The third-order valence-electron chi connectivity index (χ3n) is 4.81. The van der Waals surface area contributed by atoms with Gasteiger partial charge in [-0.2, -0.15) is 0 Å². The minimum atomic E-state index is -0.122. The number of aliphatic imine (C=N–C) groups is 1. The molecule has 128 valence electrons. The second-order valence-electron chi connectivity index (χ2n) is 6.25. The van der Waals surface area contributed by atoms with E-state index in [1.54, 1.807) is 7.11 Å². The van der Waals surface area contributed by atoms with Gasteiger partial charge in [0.25, 0.3) is 0 Å². The van der Waals surface area contributed by atoms with Crippen LogP contribution in [0.25, 0.3) is 0 Å². The van der Waals surface area contributed by atoms with Crippen molar-refractivity contribution >= 4 is 5.96 Å². The van der Waals surface area contributed by atoms with Crippen LogP contribution in [0.5, 0.6) is 0 Å². The van der Waals surface area contributed by atoms with Crippen molar-refractivity contribution in [2.45, 2.75) is 37.7 Å². The van der Waals surface area contributed by atoms with Crippen molar-refractivity contribution in [3.8, 4) is 0 Å². The third kappa shape index (κ3) is 5.41. The average molecular weight is 312 g/mol. The van der Waals surface area contributed by atoms with Crippen LogP contribution in [0.4, 0.5) is 0 Å². The van der Waals surface area contributed by atoms with Gasteiger partial charge in [-0.05, 0) is 25.9 Å². The first-order chi connectivity index (χ1) is 10.8. The Morgan fingerprint density at radius 3 is 2.55 bits per heavy atom. The summed E-state index contributed by atoms with van der Waals surface area (Å²) in [6, 6.07) is 0. The van der Waals surface area contributed by atoms with Crippen LogP contribution >= 0.6 is 0 Å². The molecule has 0 aromatic heterocycles. The SMILES string of the molecule is CN=C(NCCN1CCCCC1)NCC1(OC)CCOCC1. The van der Waals surface area contributed by atoms with Crippen molar-refractivity contribution in [2.24, 2.45) is 4.99 Å². The van der Waals surface area contributed by atoms with E-state index in [1.165, 1.54) is 32.4 Å². The molecule has 2 fully saturated rings. The zero-order valence-corrected chi connectivity index (χ0v) is 14.2.